The van der Waals surface area contributed by atoms with Crippen LogP contribution in [-0.2, 0) is 10.5 Å². The highest BCUT2D eigenvalue weighted by Crippen LogP contribution is 2.33. The fourth-order valence-corrected chi connectivity index (χ4v) is 4.43. The Morgan fingerprint density at radius 2 is 1.84 bits per heavy atom. The number of benzene rings is 2. The van der Waals surface area contributed by atoms with E-state index < -0.39 is 0 Å². The number of amidine groups is 1. The largest absolute Gasteiger partial charge is 0.497 e. The first kappa shape index (κ1) is 22.9. The van der Waals surface area contributed by atoms with Crippen molar-refractivity contribution >= 4 is 35.3 Å². The van der Waals surface area contributed by atoms with E-state index in [1.165, 1.54) is 5.56 Å². The molecule has 0 saturated carbocycles. The van der Waals surface area contributed by atoms with Gasteiger partial charge in [-0.15, -0.1) is 11.8 Å². The number of hydrogen-bond donors (Lipinski definition) is 1. The van der Waals surface area contributed by atoms with Crippen molar-refractivity contribution in [3.8, 4) is 5.75 Å². The van der Waals surface area contributed by atoms with Gasteiger partial charge in [-0.05, 0) is 48.7 Å². The van der Waals surface area contributed by atoms with Crippen molar-refractivity contribution in [2.75, 3.05) is 20.2 Å². The number of hydrogen-bond acceptors (Lipinski definition) is 5. The second kappa shape index (κ2) is 11.0. The molecule has 2 aromatic rings. The molecule has 2 aromatic carbocycles. The Kier molecular flexibility index (Phi) is 8.18. The third kappa shape index (κ3) is 6.14. The highest BCUT2D eigenvalue weighted by molar-refractivity contribution is 7.98. The van der Waals surface area contributed by atoms with Crippen LogP contribution in [0.15, 0.2) is 57.9 Å². The smallest absolute Gasteiger partial charge is 0.250 e. The molecular weight excluding hydrogens is 406 g/mol. The Morgan fingerprint density at radius 1 is 1.13 bits per heavy atom. The van der Waals surface area contributed by atoms with E-state index in [1.54, 1.807) is 18.9 Å². The SMILES string of the molecule is CCCN(CCC)C(=O)C1=Cc2ccc(SCc3ccc(OC)cc3)cc2N=C(N)C1. The summed E-state index contributed by atoms with van der Waals surface area (Å²) in [6.45, 7) is 5.70. The first-order valence-electron chi connectivity index (χ1n) is 10.8. The summed E-state index contributed by atoms with van der Waals surface area (Å²) in [6, 6.07) is 14.3. The van der Waals surface area contributed by atoms with Gasteiger partial charge in [0.05, 0.1) is 12.8 Å². The molecule has 2 N–H and O–H groups in total. The number of ether oxygens (including phenoxy) is 1. The third-order valence-corrected chi connectivity index (χ3v) is 6.15. The standard InChI is InChI=1S/C25H31N3O2S/c1-4-12-28(13-5-2)25(29)20-14-19-8-11-22(16-23(19)27-24(26)15-20)31-17-18-6-9-21(30-3)10-7-18/h6-11,14,16H,4-5,12-13,15,17H2,1-3H3,(H2,26,27). The maximum atomic E-state index is 13.1. The van der Waals surface area contributed by atoms with Gasteiger partial charge in [-0.3, -0.25) is 4.79 Å². The number of nitrogens with two attached hydrogens (primary N) is 1. The molecule has 0 radical (unpaired) electrons. The van der Waals surface area contributed by atoms with Crippen LogP contribution in [0.3, 0.4) is 0 Å². The van der Waals surface area contributed by atoms with Gasteiger partial charge in [0.25, 0.3) is 0 Å². The van der Waals surface area contributed by atoms with Gasteiger partial charge in [0.2, 0.25) is 5.91 Å². The molecule has 31 heavy (non-hydrogen) atoms. The van der Waals surface area contributed by atoms with Crippen LogP contribution < -0.4 is 10.5 Å². The molecule has 1 aliphatic rings. The predicted octanol–water partition coefficient (Wildman–Crippen LogP) is 5.41. The van der Waals surface area contributed by atoms with Crippen LogP contribution in [0, 0.1) is 0 Å². The summed E-state index contributed by atoms with van der Waals surface area (Å²) >= 11 is 1.75. The number of nitrogens with zero attached hydrogens (tertiary/aromatic N) is 2. The summed E-state index contributed by atoms with van der Waals surface area (Å²) in [5.74, 6) is 2.25. The lowest BCUT2D eigenvalue weighted by atomic mass is 10.1. The summed E-state index contributed by atoms with van der Waals surface area (Å²) in [5, 5.41) is 0. The molecule has 1 aliphatic heterocycles. The Hall–Kier alpha value is -2.73. The number of fused-ring (bicyclic) bond motifs is 1. The van der Waals surface area contributed by atoms with Gasteiger partial charge in [0.15, 0.2) is 0 Å². The lowest BCUT2D eigenvalue weighted by molar-refractivity contribution is -0.127. The first-order valence-corrected chi connectivity index (χ1v) is 11.7. The number of methoxy groups -OCH3 is 1. The molecule has 0 fully saturated rings. The van der Waals surface area contributed by atoms with Gasteiger partial charge in [-0.1, -0.05) is 32.0 Å². The summed E-state index contributed by atoms with van der Waals surface area (Å²) in [5.41, 5.74) is 9.88. The lowest BCUT2D eigenvalue weighted by Gasteiger charge is -2.22. The Bertz CT molecular complexity index is 961. The Balaban J connectivity index is 1.78. The van der Waals surface area contributed by atoms with Crippen LogP contribution in [-0.4, -0.2) is 36.8 Å². The van der Waals surface area contributed by atoms with E-state index in [4.69, 9.17) is 10.5 Å². The van der Waals surface area contributed by atoms with Crippen molar-refractivity contribution < 1.29 is 9.53 Å². The summed E-state index contributed by atoms with van der Waals surface area (Å²) < 4.78 is 5.22. The minimum atomic E-state index is 0.0626. The van der Waals surface area contributed by atoms with Crippen molar-refractivity contribution in [3.05, 3.63) is 59.2 Å². The number of carbonyl (C=O) groups is 1. The predicted molar refractivity (Wildman–Crippen MR) is 130 cm³/mol. The molecule has 3 rings (SSSR count). The Morgan fingerprint density at radius 3 is 2.48 bits per heavy atom. The average Bonchev–Trinajstić information content (AvgIpc) is 2.95. The molecule has 0 aromatic heterocycles. The molecule has 0 unspecified atom stereocenters. The molecule has 0 atom stereocenters. The van der Waals surface area contributed by atoms with E-state index >= 15 is 0 Å². The van der Waals surface area contributed by atoms with E-state index in [2.05, 4.69) is 43.1 Å². The van der Waals surface area contributed by atoms with Crippen LogP contribution in [0.2, 0.25) is 0 Å². The monoisotopic (exact) mass is 437 g/mol. The van der Waals surface area contributed by atoms with Gasteiger partial charge >= 0.3 is 0 Å². The second-order valence-electron chi connectivity index (χ2n) is 7.60. The van der Waals surface area contributed by atoms with Crippen LogP contribution in [0.4, 0.5) is 5.69 Å². The zero-order valence-corrected chi connectivity index (χ0v) is 19.4. The molecule has 6 heteroatoms. The van der Waals surface area contributed by atoms with Crippen LogP contribution in [0.25, 0.3) is 6.08 Å². The normalized spacial score (nSPS) is 13.0. The van der Waals surface area contributed by atoms with Crippen LogP contribution >= 0.6 is 11.8 Å². The zero-order chi connectivity index (χ0) is 22.2. The van der Waals surface area contributed by atoms with Crippen molar-refractivity contribution in [1.82, 2.24) is 4.90 Å². The molecule has 164 valence electrons. The quantitative estimate of drug-likeness (QED) is 0.533. The van der Waals surface area contributed by atoms with Gasteiger partial charge in [-0.2, -0.15) is 0 Å². The first-order chi connectivity index (χ1) is 15.0. The fraction of sp³-hybridized carbons (Fsp3) is 0.360. The van der Waals surface area contributed by atoms with Crippen LogP contribution in [0.1, 0.15) is 44.2 Å². The minimum absolute atomic E-state index is 0.0626. The van der Waals surface area contributed by atoms with E-state index in [9.17, 15) is 4.79 Å². The van der Waals surface area contributed by atoms with Crippen molar-refractivity contribution in [2.24, 2.45) is 10.7 Å². The molecule has 0 aliphatic carbocycles. The molecule has 0 spiro atoms. The maximum absolute atomic E-state index is 13.1. The number of thioether (sulfide) groups is 1. The minimum Gasteiger partial charge on any atom is -0.497 e. The Labute approximate surface area is 189 Å². The van der Waals surface area contributed by atoms with E-state index in [0.717, 1.165) is 53.6 Å². The molecular formula is C25H31N3O2S. The fourth-order valence-electron chi connectivity index (χ4n) is 3.54. The lowest BCUT2D eigenvalue weighted by Crippen LogP contribution is -2.34. The van der Waals surface area contributed by atoms with Gasteiger partial charge < -0.3 is 15.4 Å². The topological polar surface area (TPSA) is 67.9 Å². The average molecular weight is 438 g/mol. The molecule has 0 bridgehead atoms. The van der Waals surface area contributed by atoms with E-state index in [0.29, 0.717) is 17.8 Å². The summed E-state index contributed by atoms with van der Waals surface area (Å²) in [4.78, 5) is 20.7. The molecule has 1 amide bonds. The maximum Gasteiger partial charge on any atom is 0.250 e. The summed E-state index contributed by atoms with van der Waals surface area (Å²) in [6.07, 6.45) is 4.21. The third-order valence-electron chi connectivity index (χ3n) is 5.08. The number of aliphatic imine (C=N–C) groups is 1. The van der Waals surface area contributed by atoms with Gasteiger partial charge in [-0.25, -0.2) is 4.99 Å². The van der Waals surface area contributed by atoms with Gasteiger partial charge in [0, 0.05) is 41.3 Å². The van der Waals surface area contributed by atoms with E-state index in [-0.39, 0.29) is 5.91 Å². The highest BCUT2D eigenvalue weighted by Gasteiger charge is 2.20. The molecule has 0 saturated heterocycles. The number of rotatable bonds is 9. The molecule has 1 heterocycles. The second-order valence-corrected chi connectivity index (χ2v) is 8.65. The number of carbonyl (C=O) groups excluding carboxylic acids is 1. The van der Waals surface area contributed by atoms with Gasteiger partial charge in [0.1, 0.15) is 11.6 Å². The van der Waals surface area contributed by atoms with Crippen molar-refractivity contribution in [1.29, 1.82) is 0 Å². The van der Waals surface area contributed by atoms with Crippen LogP contribution in [0.5, 0.6) is 5.75 Å². The zero-order valence-electron chi connectivity index (χ0n) is 18.6. The van der Waals surface area contributed by atoms with E-state index in [1.807, 2.05) is 29.2 Å². The summed E-state index contributed by atoms with van der Waals surface area (Å²) in [7, 11) is 1.67. The van der Waals surface area contributed by atoms with Crippen molar-refractivity contribution in [2.45, 2.75) is 43.8 Å². The number of amides is 1. The van der Waals surface area contributed by atoms with Crippen molar-refractivity contribution in [3.63, 3.8) is 0 Å². The highest BCUT2D eigenvalue weighted by atomic mass is 32.2. The molecule has 5 nitrogen and oxygen atoms in total.